The lowest BCUT2D eigenvalue weighted by molar-refractivity contribution is -0.119. The Morgan fingerprint density at radius 3 is 2.62 bits per heavy atom. The van der Waals surface area contributed by atoms with E-state index in [1.807, 2.05) is 31.2 Å². The molecule has 0 saturated heterocycles. The van der Waals surface area contributed by atoms with Gasteiger partial charge in [-0.05, 0) is 37.2 Å². The quantitative estimate of drug-likeness (QED) is 0.453. The van der Waals surface area contributed by atoms with Crippen LogP contribution in [0.25, 0.3) is 0 Å². The van der Waals surface area contributed by atoms with Gasteiger partial charge in [0, 0.05) is 23.7 Å². The highest BCUT2D eigenvalue weighted by molar-refractivity contribution is 8.01. The molecule has 1 saturated carbocycles. The van der Waals surface area contributed by atoms with E-state index in [9.17, 15) is 14.9 Å². The Bertz CT molecular complexity index is 1380. The number of nitrogens with two attached hydrogens (primary N) is 1. The van der Waals surface area contributed by atoms with Gasteiger partial charge in [0.15, 0.2) is 10.1 Å². The Morgan fingerprint density at radius 1 is 1.21 bits per heavy atom. The summed E-state index contributed by atoms with van der Waals surface area (Å²) >= 11 is 2.66. The Hall–Kier alpha value is -3.16. The Balaban J connectivity index is 1.45. The highest BCUT2D eigenvalue weighted by atomic mass is 32.2. The molecule has 1 aromatic carbocycles. The third-order valence-corrected chi connectivity index (χ3v) is 9.72. The Kier molecular flexibility index (Phi) is 7.83. The number of benzene rings is 1. The fraction of sp³-hybridized carbons (Fsp3) is 0.483. The number of nitriles is 1. The van der Waals surface area contributed by atoms with Gasteiger partial charge in [-0.3, -0.25) is 14.5 Å². The fourth-order valence-corrected chi connectivity index (χ4v) is 7.51. The van der Waals surface area contributed by atoms with Crippen molar-refractivity contribution in [3.05, 3.63) is 58.1 Å². The van der Waals surface area contributed by atoms with Crippen LogP contribution in [0, 0.1) is 23.7 Å². The van der Waals surface area contributed by atoms with Crippen molar-refractivity contribution in [2.24, 2.45) is 11.1 Å². The van der Waals surface area contributed by atoms with Crippen LogP contribution in [0.2, 0.25) is 0 Å². The van der Waals surface area contributed by atoms with Crippen LogP contribution in [0.3, 0.4) is 0 Å². The van der Waals surface area contributed by atoms with Crippen molar-refractivity contribution in [3.8, 4) is 6.07 Å². The molecule has 1 atom stereocenters. The lowest BCUT2D eigenvalue weighted by atomic mass is 9.68. The summed E-state index contributed by atoms with van der Waals surface area (Å²) in [6.45, 7) is 6.14. The number of hydrogen-bond donors (Lipinski definition) is 2. The molecule has 8 nitrogen and oxygen atoms in total. The number of aryl methyl sites for hydroxylation is 1. The van der Waals surface area contributed by atoms with E-state index in [4.69, 9.17) is 5.73 Å². The highest BCUT2D eigenvalue weighted by Gasteiger charge is 2.45. The number of thioether (sulfide) groups is 1. The summed E-state index contributed by atoms with van der Waals surface area (Å²) in [5.41, 5.74) is 10.1. The molecule has 1 fully saturated rings. The van der Waals surface area contributed by atoms with Gasteiger partial charge in [-0.15, -0.1) is 10.2 Å². The van der Waals surface area contributed by atoms with Gasteiger partial charge in [-0.25, -0.2) is 0 Å². The number of Topliss-reactive ketones (excluding diaryl/α,β-unsaturated/α-hetero) is 1. The first-order chi connectivity index (χ1) is 18.7. The minimum Gasteiger partial charge on any atom is -0.384 e. The molecule has 5 rings (SSSR count). The normalized spacial score (nSPS) is 21.5. The second-order valence-electron chi connectivity index (χ2n) is 11.4. The van der Waals surface area contributed by atoms with Crippen LogP contribution < -0.4 is 16.0 Å². The largest absolute Gasteiger partial charge is 0.384 e. The maximum absolute atomic E-state index is 13.6. The fourth-order valence-electron chi connectivity index (χ4n) is 5.81. The molecular weight excluding hydrogens is 528 g/mol. The van der Waals surface area contributed by atoms with Gasteiger partial charge in [0.25, 0.3) is 0 Å². The summed E-state index contributed by atoms with van der Waals surface area (Å²) in [7, 11) is 0. The maximum atomic E-state index is 13.6. The van der Waals surface area contributed by atoms with Crippen LogP contribution in [0.5, 0.6) is 0 Å². The van der Waals surface area contributed by atoms with Crippen molar-refractivity contribution >= 4 is 39.9 Å². The van der Waals surface area contributed by atoms with E-state index in [-0.39, 0.29) is 34.7 Å². The molecule has 1 unspecified atom stereocenters. The standard InChI is InChI=1S/C29H34N6O2S2/c1-17-9-11-18(12-10-17)24-20(15-30)26(31)35(21-13-29(2,3)14-22(36)25(21)24)27-33-34-28(39-27)38-16-23(37)32-19-7-5-4-6-8-19/h9-12,19,24H,4-8,13-14,16,31H2,1-3H3,(H,32,37). The van der Waals surface area contributed by atoms with Gasteiger partial charge in [-0.2, -0.15) is 5.26 Å². The number of ketones is 1. The number of nitrogens with one attached hydrogen (secondary N) is 1. The predicted octanol–water partition coefficient (Wildman–Crippen LogP) is 5.33. The van der Waals surface area contributed by atoms with Gasteiger partial charge < -0.3 is 11.1 Å². The maximum Gasteiger partial charge on any atom is 0.230 e. The van der Waals surface area contributed by atoms with E-state index in [1.54, 1.807) is 4.90 Å². The van der Waals surface area contributed by atoms with E-state index in [0.717, 1.165) is 42.5 Å². The number of rotatable bonds is 6. The van der Waals surface area contributed by atoms with E-state index >= 15 is 0 Å². The van der Waals surface area contributed by atoms with Crippen LogP contribution in [0.4, 0.5) is 5.13 Å². The van der Waals surface area contributed by atoms with Crippen molar-refractivity contribution < 1.29 is 9.59 Å². The van der Waals surface area contributed by atoms with E-state index in [1.165, 1.54) is 29.5 Å². The summed E-state index contributed by atoms with van der Waals surface area (Å²) in [4.78, 5) is 27.9. The monoisotopic (exact) mass is 562 g/mol. The van der Waals surface area contributed by atoms with Gasteiger partial charge in [-0.1, -0.05) is 86.0 Å². The second-order valence-corrected chi connectivity index (χ2v) is 13.6. The molecule has 2 heterocycles. The molecular formula is C29H34N6O2S2. The summed E-state index contributed by atoms with van der Waals surface area (Å²) in [6.07, 6.45) is 6.65. The summed E-state index contributed by atoms with van der Waals surface area (Å²) < 4.78 is 0.638. The zero-order chi connectivity index (χ0) is 27.7. The van der Waals surface area contributed by atoms with Crippen molar-refractivity contribution in [2.45, 2.75) is 82.0 Å². The lowest BCUT2D eigenvalue weighted by Crippen LogP contribution is -2.42. The SMILES string of the molecule is Cc1ccc(C2C(C#N)=C(N)N(c3nnc(SCC(=O)NC4CCCCC4)s3)C3=C2C(=O)CC(C)(C)C3)cc1. The minimum absolute atomic E-state index is 0.00152. The molecule has 2 aromatic rings. The molecule has 10 heteroatoms. The molecule has 1 aliphatic heterocycles. The van der Waals surface area contributed by atoms with E-state index in [2.05, 4.69) is 35.4 Å². The number of nitrogens with zero attached hydrogens (tertiary/aromatic N) is 4. The van der Waals surface area contributed by atoms with E-state index in [0.29, 0.717) is 33.5 Å². The van der Waals surface area contributed by atoms with Crippen LogP contribution in [-0.4, -0.2) is 33.7 Å². The number of anilines is 1. The molecule has 39 heavy (non-hydrogen) atoms. The zero-order valence-corrected chi connectivity index (χ0v) is 24.3. The zero-order valence-electron chi connectivity index (χ0n) is 22.6. The van der Waals surface area contributed by atoms with Crippen LogP contribution in [0.15, 0.2) is 51.3 Å². The minimum atomic E-state index is -0.518. The molecule has 3 aliphatic rings. The highest BCUT2D eigenvalue weighted by Crippen LogP contribution is 2.50. The lowest BCUT2D eigenvalue weighted by Gasteiger charge is -2.42. The predicted molar refractivity (Wildman–Crippen MR) is 154 cm³/mol. The van der Waals surface area contributed by atoms with Crippen LogP contribution >= 0.6 is 23.1 Å². The van der Waals surface area contributed by atoms with Gasteiger partial charge in [0.1, 0.15) is 5.82 Å². The summed E-state index contributed by atoms with van der Waals surface area (Å²) in [5, 5.41) is 22.6. The Morgan fingerprint density at radius 2 is 1.92 bits per heavy atom. The van der Waals surface area contributed by atoms with Crippen molar-refractivity contribution in [1.29, 1.82) is 5.26 Å². The molecule has 0 bridgehead atoms. The number of carbonyl (C=O) groups is 2. The summed E-state index contributed by atoms with van der Waals surface area (Å²) in [6, 6.07) is 10.5. The molecule has 0 radical (unpaired) electrons. The van der Waals surface area contributed by atoms with Crippen molar-refractivity contribution in [1.82, 2.24) is 15.5 Å². The first-order valence-corrected chi connectivity index (χ1v) is 15.3. The van der Waals surface area contributed by atoms with Crippen molar-refractivity contribution in [2.75, 3.05) is 10.7 Å². The topological polar surface area (TPSA) is 125 Å². The Labute approximate surface area is 237 Å². The molecule has 0 spiro atoms. The first kappa shape index (κ1) is 27.4. The first-order valence-electron chi connectivity index (χ1n) is 13.4. The molecule has 204 valence electrons. The van der Waals surface area contributed by atoms with E-state index < -0.39 is 5.92 Å². The average molecular weight is 563 g/mol. The molecule has 3 N–H and O–H groups in total. The van der Waals surface area contributed by atoms with Gasteiger partial charge in [0.2, 0.25) is 11.0 Å². The summed E-state index contributed by atoms with van der Waals surface area (Å²) in [5.74, 6) is 0.0363. The number of carbonyl (C=O) groups excluding carboxylic acids is 2. The van der Waals surface area contributed by atoms with Crippen LogP contribution in [-0.2, 0) is 9.59 Å². The molecule has 1 amide bonds. The number of amides is 1. The number of aromatic nitrogens is 2. The number of allylic oxidation sites excluding steroid dienone is 3. The third-order valence-electron chi connectivity index (χ3n) is 7.68. The van der Waals surface area contributed by atoms with Crippen molar-refractivity contribution in [3.63, 3.8) is 0 Å². The smallest absolute Gasteiger partial charge is 0.230 e. The second kappa shape index (κ2) is 11.1. The number of hydrogen-bond acceptors (Lipinski definition) is 9. The third kappa shape index (κ3) is 5.75. The molecule has 2 aliphatic carbocycles. The van der Waals surface area contributed by atoms with Gasteiger partial charge in [0.05, 0.1) is 23.3 Å². The van der Waals surface area contributed by atoms with Crippen LogP contribution in [0.1, 0.15) is 75.8 Å². The average Bonchev–Trinajstić information content (AvgIpc) is 3.36. The molecule has 1 aromatic heterocycles. The van der Waals surface area contributed by atoms with Gasteiger partial charge >= 0.3 is 0 Å².